The molecule has 1 heterocycles. The fourth-order valence-electron chi connectivity index (χ4n) is 1.73. The van der Waals surface area contributed by atoms with Crippen molar-refractivity contribution in [1.82, 2.24) is 0 Å². The van der Waals surface area contributed by atoms with Gasteiger partial charge in [-0.05, 0) is 52.4 Å². The minimum Gasteiger partial charge on any atom is -0.289 e. The van der Waals surface area contributed by atoms with E-state index in [0.29, 0.717) is 0 Å². The van der Waals surface area contributed by atoms with Crippen LogP contribution in [-0.2, 0) is 0 Å². The number of benzene rings is 1. The maximum absolute atomic E-state index is 6.06. The van der Waals surface area contributed by atoms with Gasteiger partial charge in [0.1, 0.15) is 0 Å². The molecule has 1 aliphatic heterocycles. The number of nitrogens with zero attached hydrogens (tertiary/aromatic N) is 1. The van der Waals surface area contributed by atoms with Gasteiger partial charge in [0.15, 0.2) is 0 Å². The fraction of sp³-hybridized carbons (Fsp3) is 0.417. The SMILES string of the molecule is C[C@H]1CCC(c2ccc(Br)c(Cl)c2)=NC1. The van der Waals surface area contributed by atoms with Crippen molar-refractivity contribution >= 4 is 33.2 Å². The topological polar surface area (TPSA) is 12.4 Å². The molecule has 1 aliphatic rings. The van der Waals surface area contributed by atoms with E-state index in [4.69, 9.17) is 11.6 Å². The van der Waals surface area contributed by atoms with E-state index in [1.165, 1.54) is 12.1 Å². The smallest absolute Gasteiger partial charge is 0.0554 e. The van der Waals surface area contributed by atoms with E-state index in [1.54, 1.807) is 0 Å². The summed E-state index contributed by atoms with van der Waals surface area (Å²) in [7, 11) is 0. The lowest BCUT2D eigenvalue weighted by Crippen LogP contribution is -2.14. The van der Waals surface area contributed by atoms with E-state index < -0.39 is 0 Å². The van der Waals surface area contributed by atoms with Gasteiger partial charge >= 0.3 is 0 Å². The quantitative estimate of drug-likeness (QED) is 0.729. The number of hydrogen-bond acceptors (Lipinski definition) is 1. The van der Waals surface area contributed by atoms with Crippen molar-refractivity contribution in [2.24, 2.45) is 10.9 Å². The van der Waals surface area contributed by atoms with Crippen LogP contribution in [0.25, 0.3) is 0 Å². The zero-order valence-corrected chi connectivity index (χ0v) is 11.0. The van der Waals surface area contributed by atoms with Crippen LogP contribution in [0.2, 0.25) is 5.02 Å². The first kappa shape index (κ1) is 11.2. The minimum atomic E-state index is 0.722. The second-order valence-corrected chi connectivity index (χ2v) is 5.32. The summed E-state index contributed by atoms with van der Waals surface area (Å²) in [6, 6.07) is 6.05. The van der Waals surface area contributed by atoms with Crippen LogP contribution in [0.15, 0.2) is 27.7 Å². The van der Waals surface area contributed by atoms with Crippen molar-refractivity contribution in [3.8, 4) is 0 Å². The van der Waals surface area contributed by atoms with Crippen LogP contribution >= 0.6 is 27.5 Å². The first-order valence-electron chi connectivity index (χ1n) is 5.15. The normalized spacial score (nSPS) is 21.3. The Kier molecular flexibility index (Phi) is 3.47. The highest BCUT2D eigenvalue weighted by atomic mass is 79.9. The number of halogens is 2. The molecule has 0 amide bonds. The third-order valence-electron chi connectivity index (χ3n) is 2.72. The molecule has 0 saturated heterocycles. The maximum Gasteiger partial charge on any atom is 0.0554 e. The molecule has 1 atom stereocenters. The molecule has 2 rings (SSSR count). The molecule has 0 N–H and O–H groups in total. The lowest BCUT2D eigenvalue weighted by Gasteiger charge is -2.17. The molecule has 0 spiro atoms. The monoisotopic (exact) mass is 285 g/mol. The fourth-order valence-corrected chi connectivity index (χ4v) is 2.16. The molecule has 0 unspecified atom stereocenters. The molecule has 0 bridgehead atoms. The number of hydrogen-bond donors (Lipinski definition) is 0. The van der Waals surface area contributed by atoms with E-state index in [1.807, 2.05) is 12.1 Å². The molecule has 15 heavy (non-hydrogen) atoms. The summed E-state index contributed by atoms with van der Waals surface area (Å²) in [5.41, 5.74) is 2.36. The van der Waals surface area contributed by atoms with Gasteiger partial charge in [-0.25, -0.2) is 0 Å². The van der Waals surface area contributed by atoms with Gasteiger partial charge in [0.2, 0.25) is 0 Å². The summed E-state index contributed by atoms with van der Waals surface area (Å²) >= 11 is 9.45. The average Bonchev–Trinajstić information content (AvgIpc) is 2.23. The van der Waals surface area contributed by atoms with E-state index in [9.17, 15) is 0 Å². The first-order chi connectivity index (χ1) is 7.16. The molecule has 0 aromatic heterocycles. The predicted molar refractivity (Wildman–Crippen MR) is 69.0 cm³/mol. The zero-order valence-electron chi connectivity index (χ0n) is 8.63. The summed E-state index contributed by atoms with van der Waals surface area (Å²) in [6.07, 6.45) is 2.30. The first-order valence-corrected chi connectivity index (χ1v) is 6.32. The molecular formula is C12H13BrClN. The summed E-state index contributed by atoms with van der Waals surface area (Å²) in [5.74, 6) is 0.722. The number of rotatable bonds is 1. The van der Waals surface area contributed by atoms with Gasteiger partial charge < -0.3 is 0 Å². The van der Waals surface area contributed by atoms with Gasteiger partial charge in [-0.3, -0.25) is 4.99 Å². The Morgan fingerprint density at radius 2 is 2.27 bits per heavy atom. The summed E-state index contributed by atoms with van der Waals surface area (Å²) < 4.78 is 0.942. The van der Waals surface area contributed by atoms with Gasteiger partial charge in [-0.1, -0.05) is 24.6 Å². The van der Waals surface area contributed by atoms with Crippen LogP contribution in [0.1, 0.15) is 25.3 Å². The Labute approximate surface area is 104 Å². The van der Waals surface area contributed by atoms with E-state index in [0.717, 1.165) is 33.9 Å². The Morgan fingerprint density at radius 1 is 1.47 bits per heavy atom. The van der Waals surface area contributed by atoms with Crippen LogP contribution < -0.4 is 0 Å². The zero-order chi connectivity index (χ0) is 10.8. The minimum absolute atomic E-state index is 0.722. The highest BCUT2D eigenvalue weighted by molar-refractivity contribution is 9.10. The van der Waals surface area contributed by atoms with Gasteiger partial charge in [-0.2, -0.15) is 0 Å². The van der Waals surface area contributed by atoms with Gasteiger partial charge in [0.05, 0.1) is 5.02 Å². The van der Waals surface area contributed by atoms with Crippen molar-refractivity contribution in [3.63, 3.8) is 0 Å². The Morgan fingerprint density at radius 3 is 2.87 bits per heavy atom. The standard InChI is InChI=1S/C12H13BrClN/c1-8-2-5-12(15-7-8)9-3-4-10(13)11(14)6-9/h3-4,6,8H,2,5,7H2,1H3/t8-/m0/s1. The summed E-state index contributed by atoms with van der Waals surface area (Å²) in [4.78, 5) is 4.59. The van der Waals surface area contributed by atoms with Crippen molar-refractivity contribution in [2.45, 2.75) is 19.8 Å². The molecule has 3 heteroatoms. The van der Waals surface area contributed by atoms with Crippen molar-refractivity contribution < 1.29 is 0 Å². The summed E-state index contributed by atoms with van der Waals surface area (Å²) in [6.45, 7) is 3.19. The van der Waals surface area contributed by atoms with Crippen LogP contribution in [0, 0.1) is 5.92 Å². The third kappa shape index (κ3) is 2.61. The highest BCUT2D eigenvalue weighted by Gasteiger charge is 2.13. The summed E-state index contributed by atoms with van der Waals surface area (Å²) in [5, 5.41) is 0.758. The Balaban J connectivity index is 2.26. The van der Waals surface area contributed by atoms with Crippen molar-refractivity contribution in [3.05, 3.63) is 33.3 Å². The molecule has 0 aliphatic carbocycles. The molecule has 1 nitrogen and oxygen atoms in total. The van der Waals surface area contributed by atoms with Crippen LogP contribution in [0.5, 0.6) is 0 Å². The van der Waals surface area contributed by atoms with Crippen LogP contribution in [-0.4, -0.2) is 12.3 Å². The van der Waals surface area contributed by atoms with Crippen LogP contribution in [0.3, 0.4) is 0 Å². The molecular weight excluding hydrogens is 273 g/mol. The highest BCUT2D eigenvalue weighted by Crippen LogP contribution is 2.25. The second kappa shape index (κ2) is 4.67. The molecule has 0 saturated carbocycles. The van der Waals surface area contributed by atoms with E-state index >= 15 is 0 Å². The average molecular weight is 287 g/mol. The van der Waals surface area contributed by atoms with Crippen molar-refractivity contribution in [1.29, 1.82) is 0 Å². The largest absolute Gasteiger partial charge is 0.289 e. The van der Waals surface area contributed by atoms with Gasteiger partial charge in [0, 0.05) is 16.7 Å². The van der Waals surface area contributed by atoms with Gasteiger partial charge in [0.25, 0.3) is 0 Å². The lowest BCUT2D eigenvalue weighted by atomic mass is 9.96. The number of aliphatic imine (C=N–C) groups is 1. The molecule has 1 aromatic rings. The lowest BCUT2D eigenvalue weighted by molar-refractivity contribution is 0.538. The third-order valence-corrected chi connectivity index (χ3v) is 3.95. The van der Waals surface area contributed by atoms with E-state index in [-0.39, 0.29) is 0 Å². The van der Waals surface area contributed by atoms with Gasteiger partial charge in [-0.15, -0.1) is 0 Å². The molecule has 80 valence electrons. The van der Waals surface area contributed by atoms with Crippen molar-refractivity contribution in [2.75, 3.05) is 6.54 Å². The Hall–Kier alpha value is -0.340. The molecule has 1 aromatic carbocycles. The molecule has 0 radical (unpaired) electrons. The maximum atomic E-state index is 6.06. The molecule has 0 fully saturated rings. The second-order valence-electron chi connectivity index (χ2n) is 4.06. The van der Waals surface area contributed by atoms with Crippen LogP contribution in [0.4, 0.5) is 0 Å². The Bertz CT molecular complexity index is 401. The predicted octanol–water partition coefficient (Wildman–Crippen LogP) is 4.32. The van der Waals surface area contributed by atoms with E-state index in [2.05, 4.69) is 33.9 Å².